The van der Waals surface area contributed by atoms with E-state index in [2.05, 4.69) is 43.7 Å². The van der Waals surface area contributed by atoms with Crippen molar-refractivity contribution in [1.29, 1.82) is 0 Å². The molecule has 0 spiro atoms. The quantitative estimate of drug-likeness (QED) is 0.0720. The molecule has 2 aromatic carbocycles. The van der Waals surface area contributed by atoms with Crippen molar-refractivity contribution < 1.29 is 14.3 Å². The highest BCUT2D eigenvalue weighted by atomic mass is 32.2. The van der Waals surface area contributed by atoms with Crippen molar-refractivity contribution in [3.8, 4) is 11.5 Å². The molecule has 3 aliphatic rings. The minimum Gasteiger partial charge on any atom is -0.455 e. The highest BCUT2D eigenvalue weighted by molar-refractivity contribution is 7.98. The molecule has 4 heterocycles. The number of rotatable bonds is 11. The van der Waals surface area contributed by atoms with E-state index in [4.69, 9.17) is 15.2 Å². The third-order valence-electron chi connectivity index (χ3n) is 10.5. The lowest BCUT2D eigenvalue weighted by atomic mass is 9.85. The summed E-state index contributed by atoms with van der Waals surface area (Å²) in [5, 5.41) is 4.43. The summed E-state index contributed by atoms with van der Waals surface area (Å²) in [7, 11) is 0. The SMILES string of the molecule is CC1=C(C)CC(CN2CCN(c3ccc(C(=O)NSc4ccc(NCC5CCOCC5)c(N)c4)c(Oc4cnc5[nH]ccc5c4)c3)CC2)CC1. The molecule has 1 amide bonds. The summed E-state index contributed by atoms with van der Waals surface area (Å²) in [6, 6.07) is 15.6. The molecule has 264 valence electrons. The Labute approximate surface area is 299 Å². The molecule has 11 heteroatoms. The maximum atomic E-state index is 13.7. The van der Waals surface area contributed by atoms with Crippen LogP contribution in [0.2, 0.25) is 0 Å². The lowest BCUT2D eigenvalue weighted by molar-refractivity contribution is 0.0699. The molecule has 1 atom stereocenters. The van der Waals surface area contributed by atoms with Gasteiger partial charge in [0.25, 0.3) is 5.91 Å². The number of piperazine rings is 1. The van der Waals surface area contributed by atoms with Crippen molar-refractivity contribution in [1.82, 2.24) is 19.6 Å². The molecule has 5 N–H and O–H groups in total. The first kappa shape index (κ1) is 34.3. The number of hydrogen-bond acceptors (Lipinski definition) is 9. The monoisotopic (exact) mass is 695 g/mol. The number of nitrogens with two attached hydrogens (primary N) is 1. The van der Waals surface area contributed by atoms with Crippen LogP contribution in [0.3, 0.4) is 0 Å². The van der Waals surface area contributed by atoms with E-state index in [0.717, 1.165) is 92.0 Å². The van der Waals surface area contributed by atoms with Crippen molar-refractivity contribution in [3.63, 3.8) is 0 Å². The van der Waals surface area contributed by atoms with Crippen molar-refractivity contribution in [3.05, 3.63) is 77.6 Å². The number of aromatic amines is 1. The highest BCUT2D eigenvalue weighted by Gasteiger charge is 2.24. The van der Waals surface area contributed by atoms with E-state index in [0.29, 0.717) is 28.7 Å². The second-order valence-electron chi connectivity index (χ2n) is 14.0. The number of pyridine rings is 1. The first-order valence-corrected chi connectivity index (χ1v) is 18.8. The average Bonchev–Trinajstić information content (AvgIpc) is 3.61. The van der Waals surface area contributed by atoms with Crippen LogP contribution in [0.5, 0.6) is 11.5 Å². The predicted molar refractivity (Wildman–Crippen MR) is 203 cm³/mol. The van der Waals surface area contributed by atoms with Gasteiger partial charge in [0, 0.05) is 80.7 Å². The van der Waals surface area contributed by atoms with Crippen LogP contribution in [-0.2, 0) is 4.74 Å². The third-order valence-corrected chi connectivity index (χ3v) is 11.3. The minimum atomic E-state index is -0.246. The first-order chi connectivity index (χ1) is 24.4. The van der Waals surface area contributed by atoms with Gasteiger partial charge in [0.05, 0.1) is 23.1 Å². The summed E-state index contributed by atoms with van der Waals surface area (Å²) < 4.78 is 14.9. The number of anilines is 3. The van der Waals surface area contributed by atoms with E-state index in [-0.39, 0.29) is 5.91 Å². The van der Waals surface area contributed by atoms with Gasteiger partial charge in [-0.2, -0.15) is 0 Å². The Morgan fingerprint density at radius 2 is 1.86 bits per heavy atom. The Morgan fingerprint density at radius 3 is 2.66 bits per heavy atom. The Morgan fingerprint density at radius 1 is 1.02 bits per heavy atom. The molecule has 2 aromatic heterocycles. The maximum Gasteiger partial charge on any atom is 0.265 e. The summed E-state index contributed by atoms with van der Waals surface area (Å²) in [6.07, 6.45) is 9.42. The molecule has 4 aromatic rings. The zero-order valence-electron chi connectivity index (χ0n) is 29.2. The summed E-state index contributed by atoms with van der Waals surface area (Å²) in [6.45, 7) is 12.2. The largest absolute Gasteiger partial charge is 0.455 e. The normalized spacial score (nSPS) is 19.2. The molecule has 7 rings (SSSR count). The van der Waals surface area contributed by atoms with Crippen LogP contribution in [0.25, 0.3) is 11.0 Å². The number of hydrogen-bond donors (Lipinski definition) is 4. The summed E-state index contributed by atoms with van der Waals surface area (Å²) >= 11 is 1.24. The van der Waals surface area contributed by atoms with Gasteiger partial charge in [-0.25, -0.2) is 4.98 Å². The van der Waals surface area contributed by atoms with Crippen molar-refractivity contribution in [2.45, 2.75) is 50.8 Å². The molecule has 1 unspecified atom stereocenters. The molecule has 0 saturated carbocycles. The number of carbonyl (C=O) groups excluding carboxylic acids is 1. The summed E-state index contributed by atoms with van der Waals surface area (Å²) in [4.78, 5) is 27.2. The lowest BCUT2D eigenvalue weighted by Gasteiger charge is -2.38. The number of ether oxygens (including phenoxy) is 2. The number of nitrogen functional groups attached to an aromatic ring is 1. The maximum absolute atomic E-state index is 13.7. The molecular formula is C39H49N7O3S. The molecular weight excluding hydrogens is 647 g/mol. The van der Waals surface area contributed by atoms with Crippen LogP contribution >= 0.6 is 11.9 Å². The van der Waals surface area contributed by atoms with E-state index in [1.54, 1.807) is 17.3 Å². The number of carbonyl (C=O) groups is 1. The summed E-state index contributed by atoms with van der Waals surface area (Å²) in [5.74, 6) is 2.16. The number of H-pyrrole nitrogens is 1. The van der Waals surface area contributed by atoms with Gasteiger partial charge in [0.2, 0.25) is 0 Å². The minimum absolute atomic E-state index is 0.246. The van der Waals surface area contributed by atoms with E-state index in [1.807, 2.05) is 54.7 Å². The van der Waals surface area contributed by atoms with Crippen LogP contribution < -0.4 is 25.4 Å². The number of allylic oxidation sites excluding steroid dienone is 2. The van der Waals surface area contributed by atoms with Crippen molar-refractivity contribution in [2.24, 2.45) is 11.8 Å². The second kappa shape index (κ2) is 15.8. The fraction of sp³-hybridized carbons (Fsp3) is 0.436. The standard InChI is InChI=1S/C39H49N7O3S/c1-26-3-4-29(19-27(26)2)25-45-13-15-46(16-14-45)31-5-7-34(37(21-31)49-32-20-30-9-12-41-38(30)43-24-32)39(47)44-50-33-6-8-36(35(40)22-33)42-23-28-10-17-48-18-11-28/h5-9,12,20-22,24,28-29,42H,3-4,10-11,13-19,23,25,40H2,1-2H3,(H,41,43)(H,44,47). The van der Waals surface area contributed by atoms with Crippen LogP contribution in [-0.4, -0.2) is 73.3 Å². The van der Waals surface area contributed by atoms with Crippen LogP contribution in [0, 0.1) is 11.8 Å². The van der Waals surface area contributed by atoms with E-state index in [1.165, 1.54) is 37.8 Å². The Hall–Kier alpha value is -4.19. The van der Waals surface area contributed by atoms with Crippen molar-refractivity contribution >= 4 is 46.0 Å². The molecule has 1 aliphatic carbocycles. The van der Waals surface area contributed by atoms with Crippen LogP contribution in [0.15, 0.2) is 77.0 Å². The molecule has 2 saturated heterocycles. The number of benzene rings is 2. The predicted octanol–water partition coefficient (Wildman–Crippen LogP) is 7.47. The number of nitrogens with zero attached hydrogens (tertiary/aromatic N) is 3. The zero-order chi connectivity index (χ0) is 34.5. The molecule has 0 radical (unpaired) electrons. The number of aromatic nitrogens is 2. The van der Waals surface area contributed by atoms with Gasteiger partial charge < -0.3 is 30.4 Å². The number of amides is 1. The van der Waals surface area contributed by atoms with Gasteiger partial charge >= 0.3 is 0 Å². The van der Waals surface area contributed by atoms with Gasteiger partial charge in [0.15, 0.2) is 0 Å². The Kier molecular flexibility index (Phi) is 10.8. The van der Waals surface area contributed by atoms with E-state index < -0.39 is 0 Å². The van der Waals surface area contributed by atoms with Gasteiger partial charge in [-0.3, -0.25) is 14.4 Å². The highest BCUT2D eigenvalue weighted by Crippen LogP contribution is 2.34. The van der Waals surface area contributed by atoms with Gasteiger partial charge in [-0.15, -0.1) is 0 Å². The van der Waals surface area contributed by atoms with Gasteiger partial charge in [-0.1, -0.05) is 11.1 Å². The van der Waals surface area contributed by atoms with E-state index >= 15 is 0 Å². The zero-order valence-corrected chi connectivity index (χ0v) is 30.0. The fourth-order valence-corrected chi connectivity index (χ4v) is 7.91. The summed E-state index contributed by atoms with van der Waals surface area (Å²) in [5.41, 5.74) is 13.4. The average molecular weight is 696 g/mol. The van der Waals surface area contributed by atoms with Crippen molar-refractivity contribution in [2.75, 3.05) is 68.4 Å². The molecule has 2 fully saturated rings. The number of fused-ring (bicyclic) bond motifs is 1. The lowest BCUT2D eigenvalue weighted by Crippen LogP contribution is -2.48. The molecule has 50 heavy (non-hydrogen) atoms. The van der Waals surface area contributed by atoms with Crippen LogP contribution in [0.1, 0.15) is 56.3 Å². The van der Waals surface area contributed by atoms with Gasteiger partial charge in [0.1, 0.15) is 17.1 Å². The Balaban J connectivity index is 1.02. The van der Waals surface area contributed by atoms with Gasteiger partial charge in [-0.05, 0) is 112 Å². The molecule has 0 bridgehead atoms. The molecule has 2 aliphatic heterocycles. The Bertz CT molecular complexity index is 1830. The smallest absolute Gasteiger partial charge is 0.265 e. The van der Waals surface area contributed by atoms with E-state index in [9.17, 15) is 4.79 Å². The third kappa shape index (κ3) is 8.39. The second-order valence-corrected chi connectivity index (χ2v) is 14.9. The number of nitrogens with one attached hydrogen (secondary N) is 3. The fourth-order valence-electron chi connectivity index (χ4n) is 7.27. The topological polar surface area (TPSA) is 121 Å². The van der Waals surface area contributed by atoms with Crippen LogP contribution in [0.4, 0.5) is 17.1 Å². The molecule has 10 nitrogen and oxygen atoms in total. The first-order valence-electron chi connectivity index (χ1n) is 17.9.